The van der Waals surface area contributed by atoms with Crippen molar-refractivity contribution in [3.05, 3.63) is 46.4 Å². The van der Waals surface area contributed by atoms with Crippen LogP contribution in [-0.2, 0) is 0 Å². The molecule has 2 N–H and O–H groups in total. The van der Waals surface area contributed by atoms with Crippen molar-refractivity contribution in [2.45, 2.75) is 26.3 Å². The number of anilines is 2. The van der Waals surface area contributed by atoms with E-state index in [9.17, 15) is 10.1 Å². The fraction of sp³-hybridized carbons (Fsp3) is 0.357. The monoisotopic (exact) mass is 290 g/mol. The molecule has 2 rings (SSSR count). The highest BCUT2D eigenvalue weighted by molar-refractivity contribution is 5.60. The van der Waals surface area contributed by atoms with Crippen LogP contribution in [0.2, 0.25) is 0 Å². The zero-order valence-electron chi connectivity index (χ0n) is 12.0. The molecule has 0 spiro atoms. The van der Waals surface area contributed by atoms with Crippen molar-refractivity contribution in [3.8, 4) is 0 Å². The van der Waals surface area contributed by atoms with E-state index in [2.05, 4.69) is 15.6 Å². The number of hydrogen-bond acceptors (Lipinski definition) is 6. The summed E-state index contributed by atoms with van der Waals surface area (Å²) in [6.07, 6.45) is 2.51. The van der Waals surface area contributed by atoms with Crippen LogP contribution in [0.5, 0.6) is 0 Å². The van der Waals surface area contributed by atoms with Crippen molar-refractivity contribution in [1.29, 1.82) is 0 Å². The van der Waals surface area contributed by atoms with Crippen LogP contribution in [0.1, 0.15) is 32.1 Å². The molecule has 112 valence electrons. The average molecular weight is 290 g/mol. The first-order chi connectivity index (χ1) is 10.1. The zero-order chi connectivity index (χ0) is 15.2. The van der Waals surface area contributed by atoms with E-state index in [-0.39, 0.29) is 17.5 Å². The van der Waals surface area contributed by atoms with E-state index >= 15 is 0 Å². The van der Waals surface area contributed by atoms with E-state index in [1.54, 1.807) is 18.4 Å². The summed E-state index contributed by atoms with van der Waals surface area (Å²) in [5.41, 5.74) is -0.0598. The molecule has 0 radical (unpaired) electrons. The first kappa shape index (κ1) is 14.8. The Morgan fingerprint density at radius 3 is 2.86 bits per heavy atom. The number of furan rings is 1. The molecule has 0 bridgehead atoms. The number of aromatic nitrogens is 1. The minimum Gasteiger partial charge on any atom is -0.467 e. The number of nitrogens with one attached hydrogen (secondary N) is 2. The highest BCUT2D eigenvalue weighted by Crippen LogP contribution is 2.28. The third-order valence-corrected chi connectivity index (χ3v) is 2.95. The molecule has 2 aromatic heterocycles. The average Bonchev–Trinajstić information content (AvgIpc) is 2.99. The Balaban J connectivity index is 2.23. The molecule has 2 aromatic rings. The summed E-state index contributed by atoms with van der Waals surface area (Å²) in [6, 6.07) is 6.42. The molecule has 7 nitrogen and oxygen atoms in total. The molecule has 0 saturated carbocycles. The van der Waals surface area contributed by atoms with Crippen molar-refractivity contribution in [3.63, 3.8) is 0 Å². The second kappa shape index (κ2) is 6.74. The molecule has 0 aliphatic heterocycles. The Labute approximate surface area is 122 Å². The minimum atomic E-state index is -0.451. The molecular formula is C14H18N4O3. The van der Waals surface area contributed by atoms with Crippen LogP contribution in [-0.4, -0.2) is 16.5 Å². The highest BCUT2D eigenvalue weighted by atomic mass is 16.6. The maximum absolute atomic E-state index is 11.1. The summed E-state index contributed by atoms with van der Waals surface area (Å²) < 4.78 is 5.29. The smallest absolute Gasteiger partial charge is 0.311 e. The fourth-order valence-corrected chi connectivity index (χ4v) is 1.87. The predicted molar refractivity (Wildman–Crippen MR) is 80.4 cm³/mol. The Bertz CT molecular complexity index is 598. The normalized spacial score (nSPS) is 11.9. The van der Waals surface area contributed by atoms with E-state index in [1.165, 1.54) is 6.07 Å². The first-order valence-electron chi connectivity index (χ1n) is 6.81. The van der Waals surface area contributed by atoms with Crippen LogP contribution >= 0.6 is 0 Å². The lowest BCUT2D eigenvalue weighted by Gasteiger charge is -2.13. The quantitative estimate of drug-likeness (QED) is 0.598. The summed E-state index contributed by atoms with van der Waals surface area (Å²) in [5.74, 6) is 1.53. The zero-order valence-corrected chi connectivity index (χ0v) is 12.0. The van der Waals surface area contributed by atoms with Crippen LogP contribution < -0.4 is 10.6 Å². The first-order valence-corrected chi connectivity index (χ1v) is 6.81. The van der Waals surface area contributed by atoms with Crippen molar-refractivity contribution < 1.29 is 9.34 Å². The second-order valence-electron chi connectivity index (χ2n) is 4.63. The molecule has 0 saturated heterocycles. The molecule has 0 amide bonds. The van der Waals surface area contributed by atoms with Gasteiger partial charge in [0, 0.05) is 12.6 Å². The molecule has 2 heterocycles. The Morgan fingerprint density at radius 1 is 1.43 bits per heavy atom. The molecule has 21 heavy (non-hydrogen) atoms. The third kappa shape index (κ3) is 3.71. The van der Waals surface area contributed by atoms with Crippen LogP contribution in [0, 0.1) is 10.1 Å². The van der Waals surface area contributed by atoms with Gasteiger partial charge in [0.15, 0.2) is 0 Å². The molecule has 1 unspecified atom stereocenters. The lowest BCUT2D eigenvalue weighted by atomic mass is 10.2. The Kier molecular flexibility index (Phi) is 4.76. The van der Waals surface area contributed by atoms with Crippen molar-refractivity contribution >= 4 is 17.3 Å². The van der Waals surface area contributed by atoms with Crippen LogP contribution in [0.25, 0.3) is 0 Å². The van der Waals surface area contributed by atoms with Gasteiger partial charge in [-0.15, -0.1) is 0 Å². The van der Waals surface area contributed by atoms with E-state index in [0.29, 0.717) is 11.6 Å². The summed E-state index contributed by atoms with van der Waals surface area (Å²) >= 11 is 0. The molecule has 1 atom stereocenters. The summed E-state index contributed by atoms with van der Waals surface area (Å²) in [4.78, 5) is 14.9. The van der Waals surface area contributed by atoms with Gasteiger partial charge < -0.3 is 15.1 Å². The maximum Gasteiger partial charge on any atom is 0.311 e. The maximum atomic E-state index is 11.1. The molecule has 0 aliphatic carbocycles. The third-order valence-electron chi connectivity index (χ3n) is 2.95. The highest BCUT2D eigenvalue weighted by Gasteiger charge is 2.19. The molecular weight excluding hydrogens is 272 g/mol. The number of nitrogens with zero attached hydrogens (tertiary/aromatic N) is 2. The van der Waals surface area contributed by atoms with Crippen molar-refractivity contribution in [2.24, 2.45) is 0 Å². The van der Waals surface area contributed by atoms with Gasteiger partial charge in [-0.2, -0.15) is 0 Å². The standard InChI is InChI=1S/C14H18N4O3/c1-3-8-15-13-7-6-11(18(19)20)14(17-13)16-10(2)12-5-4-9-21-12/h4-7,9-10H,3,8H2,1-2H3,(H2,15,16,17). The van der Waals surface area contributed by atoms with Gasteiger partial charge in [0.2, 0.25) is 5.82 Å². The number of nitro groups is 1. The molecule has 0 aromatic carbocycles. The SMILES string of the molecule is CCCNc1ccc([N+](=O)[O-])c(NC(C)c2ccco2)n1. The van der Waals surface area contributed by atoms with Crippen molar-refractivity contribution in [2.75, 3.05) is 17.2 Å². The number of hydrogen-bond donors (Lipinski definition) is 2. The van der Waals surface area contributed by atoms with Crippen LogP contribution in [0.15, 0.2) is 34.9 Å². The predicted octanol–water partition coefficient (Wildman–Crippen LogP) is 3.58. The molecule has 0 fully saturated rings. The molecule has 0 aliphatic rings. The minimum absolute atomic E-state index is 0.0598. The Hall–Kier alpha value is -2.57. The number of pyridine rings is 1. The van der Waals surface area contributed by atoms with Gasteiger partial charge in [-0.1, -0.05) is 6.92 Å². The van der Waals surface area contributed by atoms with Crippen LogP contribution in [0.4, 0.5) is 17.3 Å². The summed E-state index contributed by atoms with van der Waals surface area (Å²) in [5, 5.41) is 17.2. The lowest BCUT2D eigenvalue weighted by molar-refractivity contribution is -0.384. The molecule has 7 heteroatoms. The van der Waals surface area contributed by atoms with Gasteiger partial charge in [0.25, 0.3) is 0 Å². The Morgan fingerprint density at radius 2 is 2.24 bits per heavy atom. The summed E-state index contributed by atoms with van der Waals surface area (Å²) in [6.45, 7) is 4.66. The van der Waals surface area contributed by atoms with Crippen molar-refractivity contribution in [1.82, 2.24) is 4.98 Å². The van der Waals surface area contributed by atoms with E-state index in [0.717, 1.165) is 13.0 Å². The second-order valence-corrected chi connectivity index (χ2v) is 4.63. The number of rotatable bonds is 7. The van der Waals surface area contributed by atoms with E-state index in [1.807, 2.05) is 19.9 Å². The van der Waals surface area contributed by atoms with Gasteiger partial charge in [0.05, 0.1) is 17.2 Å². The van der Waals surface area contributed by atoms with Gasteiger partial charge in [-0.05, 0) is 31.5 Å². The van der Waals surface area contributed by atoms with Crippen LogP contribution in [0.3, 0.4) is 0 Å². The fourth-order valence-electron chi connectivity index (χ4n) is 1.87. The van der Waals surface area contributed by atoms with Gasteiger partial charge in [-0.25, -0.2) is 4.98 Å². The van der Waals surface area contributed by atoms with Gasteiger partial charge in [0.1, 0.15) is 11.6 Å². The largest absolute Gasteiger partial charge is 0.467 e. The van der Waals surface area contributed by atoms with E-state index in [4.69, 9.17) is 4.42 Å². The van der Waals surface area contributed by atoms with Gasteiger partial charge in [-0.3, -0.25) is 10.1 Å². The van der Waals surface area contributed by atoms with E-state index < -0.39 is 4.92 Å². The van der Waals surface area contributed by atoms with Gasteiger partial charge >= 0.3 is 5.69 Å². The lowest BCUT2D eigenvalue weighted by Crippen LogP contribution is -2.11. The summed E-state index contributed by atoms with van der Waals surface area (Å²) in [7, 11) is 0. The topological polar surface area (TPSA) is 93.2 Å².